The fraction of sp³-hybridized carbons (Fsp3) is 0.480. The first-order chi connectivity index (χ1) is 15.5. The zero-order valence-corrected chi connectivity index (χ0v) is 18.7. The van der Waals surface area contributed by atoms with E-state index in [2.05, 4.69) is 16.0 Å². The molecule has 2 atom stereocenters. The highest BCUT2D eigenvalue weighted by Gasteiger charge is 2.60. The van der Waals surface area contributed by atoms with E-state index in [0.717, 1.165) is 38.2 Å². The van der Waals surface area contributed by atoms with E-state index in [1.807, 2.05) is 53.4 Å². The molecule has 1 aromatic carbocycles. The van der Waals surface area contributed by atoms with E-state index in [1.54, 1.807) is 13.3 Å². The van der Waals surface area contributed by atoms with Gasteiger partial charge < -0.3 is 14.5 Å². The van der Waals surface area contributed by atoms with Crippen molar-refractivity contribution in [3.63, 3.8) is 0 Å². The van der Waals surface area contributed by atoms with Crippen LogP contribution in [-0.4, -0.2) is 77.4 Å². The first-order valence-corrected chi connectivity index (χ1v) is 11.3. The topological polar surface area (TPSA) is 66.0 Å². The van der Waals surface area contributed by atoms with Gasteiger partial charge in [0.2, 0.25) is 5.91 Å². The molecule has 3 fully saturated rings. The fourth-order valence-electron chi connectivity index (χ4n) is 6.00. The molecule has 0 bridgehead atoms. The summed E-state index contributed by atoms with van der Waals surface area (Å²) in [5.41, 5.74) is 1.71. The molecule has 1 spiro atoms. The molecule has 32 heavy (non-hydrogen) atoms. The van der Waals surface area contributed by atoms with E-state index in [9.17, 15) is 9.59 Å². The van der Waals surface area contributed by atoms with Gasteiger partial charge in [0.05, 0.1) is 18.6 Å². The number of fused-ring (bicyclic) bond motifs is 2. The Balaban J connectivity index is 1.27. The second-order valence-corrected chi connectivity index (χ2v) is 9.29. The number of carbonyl (C=O) groups is 2. The molecule has 0 aliphatic carbocycles. The molecule has 0 unspecified atom stereocenters. The fourth-order valence-corrected chi connectivity index (χ4v) is 6.00. The molecule has 7 heteroatoms. The Kier molecular flexibility index (Phi) is 5.37. The third-order valence-electron chi connectivity index (χ3n) is 7.78. The van der Waals surface area contributed by atoms with Crippen molar-refractivity contribution in [2.45, 2.75) is 24.9 Å². The van der Waals surface area contributed by atoms with Gasteiger partial charge in [-0.05, 0) is 48.7 Å². The third kappa shape index (κ3) is 3.45. The van der Waals surface area contributed by atoms with E-state index < -0.39 is 0 Å². The van der Waals surface area contributed by atoms with E-state index in [1.165, 1.54) is 5.56 Å². The number of nitrogens with zero attached hydrogens (tertiary/aromatic N) is 4. The Labute approximate surface area is 189 Å². The van der Waals surface area contributed by atoms with Crippen molar-refractivity contribution in [3.8, 4) is 5.75 Å². The van der Waals surface area contributed by atoms with Crippen molar-refractivity contribution >= 4 is 11.8 Å². The summed E-state index contributed by atoms with van der Waals surface area (Å²) in [7, 11) is 3.58. The highest BCUT2D eigenvalue weighted by Crippen LogP contribution is 2.49. The maximum atomic E-state index is 13.1. The Bertz CT molecular complexity index is 986. The van der Waals surface area contributed by atoms with Crippen LogP contribution in [0, 0.1) is 11.8 Å². The molecule has 7 nitrogen and oxygen atoms in total. The zero-order valence-electron chi connectivity index (χ0n) is 18.7. The van der Waals surface area contributed by atoms with Crippen molar-refractivity contribution in [2.75, 3.05) is 40.3 Å². The monoisotopic (exact) mass is 434 g/mol. The van der Waals surface area contributed by atoms with Crippen LogP contribution in [0.15, 0.2) is 48.8 Å². The summed E-state index contributed by atoms with van der Waals surface area (Å²) in [4.78, 5) is 36.7. The lowest BCUT2D eigenvalue weighted by Crippen LogP contribution is -2.56. The Morgan fingerprint density at radius 1 is 1.16 bits per heavy atom. The van der Waals surface area contributed by atoms with Crippen molar-refractivity contribution in [1.29, 1.82) is 0 Å². The number of aromatic nitrogens is 1. The number of piperidine rings is 1. The van der Waals surface area contributed by atoms with Gasteiger partial charge in [-0.2, -0.15) is 0 Å². The van der Waals surface area contributed by atoms with Crippen LogP contribution in [0.4, 0.5) is 0 Å². The summed E-state index contributed by atoms with van der Waals surface area (Å²) in [6.45, 7) is 3.90. The Morgan fingerprint density at radius 2 is 1.91 bits per heavy atom. The van der Waals surface area contributed by atoms with Gasteiger partial charge in [-0.15, -0.1) is 0 Å². The molecule has 168 valence electrons. The highest BCUT2D eigenvalue weighted by atomic mass is 16.5. The molecule has 1 aromatic heterocycles. The Hall–Kier alpha value is -2.93. The van der Waals surface area contributed by atoms with Crippen LogP contribution in [-0.2, 0) is 11.3 Å². The van der Waals surface area contributed by atoms with Crippen LogP contribution in [0.25, 0.3) is 0 Å². The minimum Gasteiger partial charge on any atom is -0.497 e. The SMILES string of the molecule is COc1ccc(C(=O)N2CCC3(CC2)[C@H]2CN(Cc4cccnc4)C[C@H]2C(=O)N3C)cc1. The summed E-state index contributed by atoms with van der Waals surface area (Å²) in [5, 5.41) is 0. The van der Waals surface area contributed by atoms with Gasteiger partial charge in [0, 0.05) is 63.6 Å². The minimum absolute atomic E-state index is 0.0515. The molecular weight excluding hydrogens is 404 g/mol. The molecule has 5 rings (SSSR count). The molecule has 4 heterocycles. The number of amides is 2. The third-order valence-corrected chi connectivity index (χ3v) is 7.78. The molecule has 3 saturated heterocycles. The van der Waals surface area contributed by atoms with Crippen LogP contribution in [0.5, 0.6) is 5.75 Å². The molecule has 0 radical (unpaired) electrons. The maximum Gasteiger partial charge on any atom is 0.253 e. The normalized spacial score (nSPS) is 24.8. The lowest BCUT2D eigenvalue weighted by Gasteiger charge is -2.46. The summed E-state index contributed by atoms with van der Waals surface area (Å²) in [6, 6.07) is 11.3. The van der Waals surface area contributed by atoms with Gasteiger partial charge in [-0.1, -0.05) is 6.07 Å². The molecular formula is C25H30N4O3. The number of rotatable bonds is 4. The lowest BCUT2D eigenvalue weighted by molar-refractivity contribution is -0.133. The second-order valence-electron chi connectivity index (χ2n) is 9.29. The minimum atomic E-state index is -0.151. The van der Waals surface area contributed by atoms with Gasteiger partial charge in [-0.3, -0.25) is 19.5 Å². The number of hydrogen-bond acceptors (Lipinski definition) is 5. The second kappa shape index (κ2) is 8.20. The number of pyridine rings is 1. The number of methoxy groups -OCH3 is 1. The Morgan fingerprint density at radius 3 is 2.56 bits per heavy atom. The van der Waals surface area contributed by atoms with Gasteiger partial charge in [0.25, 0.3) is 5.91 Å². The van der Waals surface area contributed by atoms with Crippen molar-refractivity contribution in [1.82, 2.24) is 19.7 Å². The van der Waals surface area contributed by atoms with E-state index in [0.29, 0.717) is 24.6 Å². The van der Waals surface area contributed by atoms with Gasteiger partial charge in [0.1, 0.15) is 5.75 Å². The number of benzene rings is 1. The molecule has 0 N–H and O–H groups in total. The van der Waals surface area contributed by atoms with Crippen LogP contribution in [0.3, 0.4) is 0 Å². The number of likely N-dealkylation sites (tertiary alicyclic amines) is 3. The standard InChI is InChI=1S/C25H30N4O3/c1-27-24(31)21-16-28(15-18-4-3-11-26-14-18)17-22(21)25(27)9-12-29(13-10-25)23(30)19-5-7-20(32-2)8-6-19/h3-8,11,14,21-22H,9-10,12-13,15-17H2,1-2H3/t21-,22+/m1/s1. The van der Waals surface area contributed by atoms with Crippen LogP contribution in [0.1, 0.15) is 28.8 Å². The summed E-state index contributed by atoms with van der Waals surface area (Å²) >= 11 is 0. The average Bonchev–Trinajstić information content (AvgIpc) is 3.34. The number of ether oxygens (including phenoxy) is 1. The van der Waals surface area contributed by atoms with E-state index >= 15 is 0 Å². The first-order valence-electron chi connectivity index (χ1n) is 11.3. The summed E-state index contributed by atoms with van der Waals surface area (Å²) in [6.07, 6.45) is 5.36. The largest absolute Gasteiger partial charge is 0.497 e. The number of hydrogen-bond donors (Lipinski definition) is 0. The van der Waals surface area contributed by atoms with Crippen LogP contribution >= 0.6 is 0 Å². The van der Waals surface area contributed by atoms with E-state index in [4.69, 9.17) is 4.74 Å². The molecule has 0 saturated carbocycles. The van der Waals surface area contributed by atoms with Gasteiger partial charge >= 0.3 is 0 Å². The predicted octanol–water partition coefficient (Wildman–Crippen LogP) is 2.29. The predicted molar refractivity (Wildman–Crippen MR) is 120 cm³/mol. The molecule has 3 aliphatic rings. The highest BCUT2D eigenvalue weighted by molar-refractivity contribution is 5.94. The van der Waals surface area contributed by atoms with E-state index in [-0.39, 0.29) is 23.3 Å². The molecule has 2 aromatic rings. The molecule has 2 amide bonds. The lowest BCUT2D eigenvalue weighted by atomic mass is 9.75. The smallest absolute Gasteiger partial charge is 0.253 e. The van der Waals surface area contributed by atoms with Gasteiger partial charge in [0.15, 0.2) is 0 Å². The molecule has 3 aliphatic heterocycles. The van der Waals surface area contributed by atoms with Crippen LogP contribution in [0.2, 0.25) is 0 Å². The summed E-state index contributed by atoms with van der Waals surface area (Å²) in [5.74, 6) is 1.43. The summed E-state index contributed by atoms with van der Waals surface area (Å²) < 4.78 is 5.20. The van der Waals surface area contributed by atoms with Crippen LogP contribution < -0.4 is 4.74 Å². The zero-order chi connectivity index (χ0) is 22.3. The maximum absolute atomic E-state index is 13.1. The quantitative estimate of drug-likeness (QED) is 0.739. The van der Waals surface area contributed by atoms with Crippen molar-refractivity contribution in [2.24, 2.45) is 11.8 Å². The average molecular weight is 435 g/mol. The van der Waals surface area contributed by atoms with Gasteiger partial charge in [-0.25, -0.2) is 0 Å². The first kappa shape index (κ1) is 20.9. The van der Waals surface area contributed by atoms with Crippen molar-refractivity contribution < 1.29 is 14.3 Å². The van der Waals surface area contributed by atoms with Crippen molar-refractivity contribution in [3.05, 3.63) is 59.9 Å². The number of carbonyl (C=O) groups excluding carboxylic acids is 2.